The van der Waals surface area contributed by atoms with E-state index in [1.807, 2.05) is 47.5 Å². The first-order chi connectivity index (χ1) is 14.0. The van der Waals surface area contributed by atoms with Crippen LogP contribution < -0.4 is 10.2 Å². The number of amides is 2. The molecule has 2 N–H and O–H groups in total. The molecular formula is C21H23N5O2S. The maximum Gasteiger partial charge on any atom is 0.272 e. The number of hydrogen-bond donors (Lipinski definition) is 2. The van der Waals surface area contributed by atoms with Crippen molar-refractivity contribution in [1.82, 2.24) is 14.9 Å². The molecule has 1 saturated heterocycles. The van der Waals surface area contributed by atoms with Crippen LogP contribution in [0, 0.1) is 6.92 Å². The Hall–Kier alpha value is -3.13. The molecule has 4 rings (SSSR count). The van der Waals surface area contributed by atoms with Crippen LogP contribution in [0.5, 0.6) is 0 Å². The highest BCUT2D eigenvalue weighted by Crippen LogP contribution is 2.24. The lowest BCUT2D eigenvalue weighted by Crippen LogP contribution is -2.48. The van der Waals surface area contributed by atoms with E-state index in [2.05, 4.69) is 20.2 Å². The molecule has 0 saturated carbocycles. The second-order valence-corrected chi connectivity index (χ2v) is 8.11. The smallest absolute Gasteiger partial charge is 0.272 e. The van der Waals surface area contributed by atoms with Crippen molar-refractivity contribution in [2.75, 3.05) is 36.4 Å². The standard InChI is InChI=1S/C21H23N5O2S/c1-14-23-20(13-29-14)16-10-19(22-12-16)21(28)24-17-4-3-5-18(11-17)26-8-6-25(7-9-26)15(2)27/h3-5,10-13,22H,6-9H2,1-2H3,(H,24,28). The van der Waals surface area contributed by atoms with Gasteiger partial charge in [-0.2, -0.15) is 0 Å². The quantitative estimate of drug-likeness (QED) is 0.692. The Morgan fingerprint density at radius 2 is 1.97 bits per heavy atom. The Bertz CT molecular complexity index is 1030. The maximum atomic E-state index is 12.7. The Kier molecular flexibility index (Phi) is 5.35. The number of hydrogen-bond acceptors (Lipinski definition) is 5. The molecule has 3 aromatic rings. The monoisotopic (exact) mass is 409 g/mol. The van der Waals surface area contributed by atoms with Gasteiger partial charge in [-0.25, -0.2) is 4.98 Å². The van der Waals surface area contributed by atoms with Crippen molar-refractivity contribution >= 4 is 34.5 Å². The van der Waals surface area contributed by atoms with E-state index < -0.39 is 0 Å². The largest absolute Gasteiger partial charge is 0.368 e. The molecule has 0 bridgehead atoms. The van der Waals surface area contributed by atoms with Crippen LogP contribution in [-0.4, -0.2) is 52.9 Å². The van der Waals surface area contributed by atoms with Gasteiger partial charge in [-0.05, 0) is 31.2 Å². The van der Waals surface area contributed by atoms with Crippen molar-refractivity contribution in [2.24, 2.45) is 0 Å². The lowest BCUT2D eigenvalue weighted by molar-refractivity contribution is -0.129. The van der Waals surface area contributed by atoms with E-state index in [4.69, 9.17) is 0 Å². The Morgan fingerprint density at radius 3 is 2.66 bits per heavy atom. The number of nitrogens with one attached hydrogen (secondary N) is 2. The summed E-state index contributed by atoms with van der Waals surface area (Å²) >= 11 is 1.58. The van der Waals surface area contributed by atoms with Gasteiger partial charge in [-0.3, -0.25) is 9.59 Å². The lowest BCUT2D eigenvalue weighted by atomic mass is 10.2. The normalized spacial score (nSPS) is 14.1. The average Bonchev–Trinajstić information content (AvgIpc) is 3.37. The summed E-state index contributed by atoms with van der Waals surface area (Å²) in [7, 11) is 0. The molecule has 1 aromatic carbocycles. The van der Waals surface area contributed by atoms with Crippen LogP contribution in [0.15, 0.2) is 41.9 Å². The number of benzene rings is 1. The van der Waals surface area contributed by atoms with Crippen LogP contribution in [0.2, 0.25) is 0 Å². The van der Waals surface area contributed by atoms with E-state index in [1.54, 1.807) is 24.5 Å². The number of rotatable bonds is 4. The molecule has 1 aliphatic rings. The second-order valence-electron chi connectivity index (χ2n) is 7.05. The van der Waals surface area contributed by atoms with Gasteiger partial charge in [0.15, 0.2) is 0 Å². The highest BCUT2D eigenvalue weighted by atomic mass is 32.1. The highest BCUT2D eigenvalue weighted by Gasteiger charge is 2.19. The zero-order valence-corrected chi connectivity index (χ0v) is 17.3. The van der Waals surface area contributed by atoms with Gasteiger partial charge in [0, 0.05) is 61.6 Å². The number of carbonyl (C=O) groups is 2. The molecule has 1 aliphatic heterocycles. The van der Waals surface area contributed by atoms with Gasteiger partial charge in [0.25, 0.3) is 5.91 Å². The van der Waals surface area contributed by atoms with Crippen LogP contribution in [0.3, 0.4) is 0 Å². The molecule has 8 heteroatoms. The third-order valence-corrected chi connectivity index (χ3v) is 5.81. The highest BCUT2D eigenvalue weighted by molar-refractivity contribution is 7.09. The number of piperazine rings is 1. The predicted octanol–water partition coefficient (Wildman–Crippen LogP) is 3.37. The number of carbonyl (C=O) groups excluding carboxylic acids is 2. The number of nitrogens with zero attached hydrogens (tertiary/aromatic N) is 3. The molecule has 0 atom stereocenters. The van der Waals surface area contributed by atoms with E-state index in [0.717, 1.165) is 40.7 Å². The molecule has 7 nitrogen and oxygen atoms in total. The number of H-pyrrole nitrogens is 1. The Labute approximate surface area is 173 Å². The fourth-order valence-electron chi connectivity index (χ4n) is 3.43. The van der Waals surface area contributed by atoms with E-state index >= 15 is 0 Å². The van der Waals surface area contributed by atoms with Crippen LogP contribution in [0.4, 0.5) is 11.4 Å². The van der Waals surface area contributed by atoms with Crippen molar-refractivity contribution in [3.63, 3.8) is 0 Å². The van der Waals surface area contributed by atoms with Gasteiger partial charge < -0.3 is 20.1 Å². The summed E-state index contributed by atoms with van der Waals surface area (Å²) < 4.78 is 0. The molecule has 0 radical (unpaired) electrons. The molecule has 2 amide bonds. The number of aromatic nitrogens is 2. The van der Waals surface area contributed by atoms with Gasteiger partial charge >= 0.3 is 0 Å². The molecule has 150 valence electrons. The first-order valence-electron chi connectivity index (χ1n) is 9.52. The summed E-state index contributed by atoms with van der Waals surface area (Å²) in [6.45, 7) is 6.56. The molecule has 29 heavy (non-hydrogen) atoms. The van der Waals surface area contributed by atoms with E-state index in [1.165, 1.54) is 0 Å². The lowest BCUT2D eigenvalue weighted by Gasteiger charge is -2.35. The summed E-state index contributed by atoms with van der Waals surface area (Å²) in [5, 5.41) is 5.93. The molecular weight excluding hydrogens is 386 g/mol. The zero-order chi connectivity index (χ0) is 20.4. The number of anilines is 2. The van der Waals surface area contributed by atoms with Crippen molar-refractivity contribution in [2.45, 2.75) is 13.8 Å². The molecule has 0 aliphatic carbocycles. The number of thiazole rings is 1. The van der Waals surface area contributed by atoms with Crippen LogP contribution in [0.25, 0.3) is 11.3 Å². The van der Waals surface area contributed by atoms with Gasteiger partial charge in [-0.1, -0.05) is 6.07 Å². The summed E-state index contributed by atoms with van der Waals surface area (Å²) in [4.78, 5) is 35.7. The van der Waals surface area contributed by atoms with Gasteiger partial charge in [0.2, 0.25) is 5.91 Å². The molecule has 0 spiro atoms. The van der Waals surface area contributed by atoms with Crippen LogP contribution >= 0.6 is 11.3 Å². The summed E-state index contributed by atoms with van der Waals surface area (Å²) in [5.41, 5.74) is 4.04. The summed E-state index contributed by atoms with van der Waals surface area (Å²) in [6, 6.07) is 9.61. The van der Waals surface area contributed by atoms with Crippen molar-refractivity contribution in [3.05, 3.63) is 52.6 Å². The molecule has 2 aromatic heterocycles. The van der Waals surface area contributed by atoms with E-state index in [0.29, 0.717) is 18.8 Å². The van der Waals surface area contributed by atoms with Gasteiger partial charge in [0.05, 0.1) is 10.7 Å². The van der Waals surface area contributed by atoms with Crippen LogP contribution in [-0.2, 0) is 4.79 Å². The Morgan fingerprint density at radius 1 is 1.17 bits per heavy atom. The number of aromatic amines is 1. The van der Waals surface area contributed by atoms with Gasteiger partial charge in [0.1, 0.15) is 5.69 Å². The molecule has 3 heterocycles. The van der Waals surface area contributed by atoms with Gasteiger partial charge in [-0.15, -0.1) is 11.3 Å². The fourth-order valence-corrected chi connectivity index (χ4v) is 4.05. The molecule has 1 fully saturated rings. The minimum Gasteiger partial charge on any atom is -0.368 e. The maximum absolute atomic E-state index is 12.7. The molecule has 0 unspecified atom stereocenters. The van der Waals surface area contributed by atoms with Crippen LogP contribution in [0.1, 0.15) is 22.4 Å². The SMILES string of the molecule is CC(=O)N1CCN(c2cccc(NC(=O)c3cc(-c4csc(C)n4)c[nH]3)c2)CC1. The second kappa shape index (κ2) is 8.08. The number of aryl methyl sites for hydroxylation is 1. The Balaban J connectivity index is 1.42. The van der Waals surface area contributed by atoms with Crippen molar-refractivity contribution in [3.8, 4) is 11.3 Å². The third kappa shape index (κ3) is 4.32. The summed E-state index contributed by atoms with van der Waals surface area (Å²) in [5.74, 6) is -0.0782. The summed E-state index contributed by atoms with van der Waals surface area (Å²) in [6.07, 6.45) is 1.80. The predicted molar refractivity (Wildman–Crippen MR) is 115 cm³/mol. The average molecular weight is 410 g/mol. The van der Waals surface area contributed by atoms with Crippen molar-refractivity contribution < 1.29 is 9.59 Å². The first-order valence-corrected chi connectivity index (χ1v) is 10.4. The minimum absolute atomic E-state index is 0.115. The fraction of sp³-hybridized carbons (Fsp3) is 0.286. The van der Waals surface area contributed by atoms with Crippen molar-refractivity contribution in [1.29, 1.82) is 0 Å². The topological polar surface area (TPSA) is 81.3 Å². The first kappa shape index (κ1) is 19.2. The zero-order valence-electron chi connectivity index (χ0n) is 16.4. The third-order valence-electron chi connectivity index (χ3n) is 5.04. The van der Waals surface area contributed by atoms with E-state index in [9.17, 15) is 9.59 Å². The minimum atomic E-state index is -0.193. The van der Waals surface area contributed by atoms with E-state index in [-0.39, 0.29) is 11.8 Å².